The third-order valence-corrected chi connectivity index (χ3v) is 4.64. The molecule has 0 spiro atoms. The highest BCUT2D eigenvalue weighted by Gasteiger charge is 2.31. The van der Waals surface area contributed by atoms with E-state index in [1.165, 1.54) is 18.2 Å². The molecule has 2 N–H and O–H groups in total. The van der Waals surface area contributed by atoms with Crippen molar-refractivity contribution in [3.05, 3.63) is 57.6 Å². The number of carbonyl (C=O) groups excluding carboxylic acids is 1. The van der Waals surface area contributed by atoms with E-state index in [1.807, 2.05) is 0 Å². The van der Waals surface area contributed by atoms with E-state index in [9.17, 15) is 28.1 Å². The van der Waals surface area contributed by atoms with Gasteiger partial charge in [-0.3, -0.25) is 14.9 Å². The number of rotatable bonds is 6. The molecule has 1 heterocycles. The van der Waals surface area contributed by atoms with Crippen LogP contribution < -0.4 is 15.4 Å². The van der Waals surface area contributed by atoms with Crippen LogP contribution in [0.25, 0.3) is 0 Å². The fraction of sp³-hybridized carbons (Fsp3) is 0.316. The van der Waals surface area contributed by atoms with Crippen LogP contribution in [-0.2, 0) is 11.0 Å². The Hall–Kier alpha value is -3.34. The largest absolute Gasteiger partial charge is 0.481 e. The Morgan fingerprint density at radius 2 is 2.03 bits per heavy atom. The van der Waals surface area contributed by atoms with Gasteiger partial charge < -0.3 is 20.3 Å². The predicted octanol–water partition coefficient (Wildman–Crippen LogP) is 3.66. The Bertz CT molecular complexity index is 979. The number of hydrogen-bond acceptors (Lipinski definition) is 6. The summed E-state index contributed by atoms with van der Waals surface area (Å²) in [6.45, 7) is -0.155. The highest BCUT2D eigenvalue weighted by atomic mass is 19.4. The zero-order valence-corrected chi connectivity index (χ0v) is 16.1. The van der Waals surface area contributed by atoms with E-state index in [-0.39, 0.29) is 36.0 Å². The van der Waals surface area contributed by atoms with Crippen molar-refractivity contribution in [2.24, 2.45) is 0 Å². The number of halogens is 3. The van der Waals surface area contributed by atoms with Gasteiger partial charge in [0.15, 0.2) is 12.4 Å². The lowest BCUT2D eigenvalue weighted by Gasteiger charge is -2.26. The van der Waals surface area contributed by atoms with Gasteiger partial charge in [0.2, 0.25) is 0 Å². The van der Waals surface area contributed by atoms with Crippen LogP contribution in [0, 0.1) is 10.1 Å². The van der Waals surface area contributed by atoms with Crippen LogP contribution in [0.5, 0.6) is 5.75 Å². The molecule has 30 heavy (non-hydrogen) atoms. The minimum absolute atomic E-state index is 0.0861. The van der Waals surface area contributed by atoms with Gasteiger partial charge in [-0.2, -0.15) is 13.2 Å². The van der Waals surface area contributed by atoms with Crippen LogP contribution in [0.3, 0.4) is 0 Å². The zero-order valence-electron chi connectivity index (χ0n) is 16.1. The van der Waals surface area contributed by atoms with Crippen molar-refractivity contribution >= 4 is 23.0 Å². The lowest BCUT2D eigenvalue weighted by Crippen LogP contribution is -2.28. The SMILES string of the molecule is CN(C)C(CNc1cc2c(cc1[N+](=O)[O-])OCC(=O)N2)c1cccc(C(F)(F)F)c1. The highest BCUT2D eigenvalue weighted by Crippen LogP contribution is 2.38. The molecule has 1 unspecified atom stereocenters. The Morgan fingerprint density at radius 1 is 1.30 bits per heavy atom. The first-order chi connectivity index (χ1) is 14.1. The van der Waals surface area contributed by atoms with Crippen LogP contribution in [0.4, 0.5) is 30.2 Å². The van der Waals surface area contributed by atoms with Crippen LogP contribution in [0.15, 0.2) is 36.4 Å². The van der Waals surface area contributed by atoms with Crippen LogP contribution >= 0.6 is 0 Å². The average Bonchev–Trinajstić information content (AvgIpc) is 2.66. The molecule has 1 aliphatic heterocycles. The van der Waals surface area contributed by atoms with Crippen molar-refractivity contribution in [3.63, 3.8) is 0 Å². The van der Waals surface area contributed by atoms with E-state index in [2.05, 4.69) is 10.6 Å². The Labute approximate surface area is 169 Å². The molecule has 8 nitrogen and oxygen atoms in total. The molecule has 0 radical (unpaired) electrons. The molecule has 0 saturated carbocycles. The topological polar surface area (TPSA) is 96.7 Å². The molecule has 0 aromatic heterocycles. The summed E-state index contributed by atoms with van der Waals surface area (Å²) in [4.78, 5) is 24.1. The summed E-state index contributed by atoms with van der Waals surface area (Å²) in [5.74, 6) is -0.216. The van der Waals surface area contributed by atoms with Crippen molar-refractivity contribution in [3.8, 4) is 5.75 Å². The lowest BCUT2D eigenvalue weighted by atomic mass is 10.0. The second-order valence-corrected chi connectivity index (χ2v) is 6.94. The quantitative estimate of drug-likeness (QED) is 0.543. The van der Waals surface area contributed by atoms with E-state index in [4.69, 9.17) is 4.74 Å². The minimum atomic E-state index is -4.48. The number of likely N-dealkylation sites (N-methyl/N-ethyl adjacent to an activating group) is 1. The maximum Gasteiger partial charge on any atom is 0.416 e. The smallest absolute Gasteiger partial charge is 0.416 e. The summed E-state index contributed by atoms with van der Waals surface area (Å²) in [5.41, 5.74) is -0.249. The number of alkyl halides is 3. The van der Waals surface area contributed by atoms with Gasteiger partial charge in [-0.15, -0.1) is 0 Å². The van der Waals surface area contributed by atoms with E-state index in [0.29, 0.717) is 5.56 Å². The molecule has 11 heteroatoms. The van der Waals surface area contributed by atoms with Gasteiger partial charge in [0, 0.05) is 6.54 Å². The predicted molar refractivity (Wildman–Crippen MR) is 104 cm³/mol. The van der Waals surface area contributed by atoms with Gasteiger partial charge in [0.05, 0.1) is 28.3 Å². The fourth-order valence-electron chi connectivity index (χ4n) is 3.14. The molecule has 1 atom stereocenters. The molecule has 0 bridgehead atoms. The number of amides is 1. The molecule has 3 rings (SSSR count). The molecule has 0 fully saturated rings. The van der Waals surface area contributed by atoms with Crippen LogP contribution in [0.1, 0.15) is 17.2 Å². The second kappa shape index (κ2) is 8.19. The molecule has 2 aromatic rings. The van der Waals surface area contributed by atoms with Crippen molar-refractivity contribution < 1.29 is 27.6 Å². The summed E-state index contributed by atoms with van der Waals surface area (Å²) in [7, 11) is 3.39. The van der Waals surface area contributed by atoms with Crippen molar-refractivity contribution in [1.29, 1.82) is 0 Å². The second-order valence-electron chi connectivity index (χ2n) is 6.94. The summed E-state index contributed by atoms with van der Waals surface area (Å²) in [5, 5.41) is 17.0. The number of hydrogen-bond donors (Lipinski definition) is 2. The first kappa shape index (κ1) is 21.4. The van der Waals surface area contributed by atoms with Crippen molar-refractivity contribution in [2.75, 3.05) is 37.9 Å². The summed E-state index contributed by atoms with van der Waals surface area (Å²) in [6.07, 6.45) is -4.48. The molecule has 160 valence electrons. The molecular weight excluding hydrogens is 405 g/mol. The maximum absolute atomic E-state index is 13.1. The number of fused-ring (bicyclic) bond motifs is 1. The van der Waals surface area contributed by atoms with Gasteiger partial charge >= 0.3 is 6.18 Å². The number of nitro groups is 1. The standard InChI is InChI=1S/C19H19F3N4O4/c1-25(2)16(11-4-3-5-12(6-11)19(20,21)22)9-23-13-7-14-17(8-15(13)26(28)29)30-10-18(27)24-14/h3-8,16,23H,9-10H2,1-2H3,(H,24,27). The molecule has 1 aliphatic rings. The lowest BCUT2D eigenvalue weighted by molar-refractivity contribution is -0.384. The van der Waals surface area contributed by atoms with E-state index >= 15 is 0 Å². The van der Waals surface area contributed by atoms with Crippen molar-refractivity contribution in [2.45, 2.75) is 12.2 Å². The Balaban J connectivity index is 1.89. The Kier molecular flexibility index (Phi) is 5.83. The van der Waals surface area contributed by atoms with Gasteiger partial charge in [0.25, 0.3) is 11.6 Å². The third kappa shape index (κ3) is 4.62. The third-order valence-electron chi connectivity index (χ3n) is 4.64. The molecule has 0 aliphatic carbocycles. The van der Waals surface area contributed by atoms with Crippen LogP contribution in [0.2, 0.25) is 0 Å². The number of anilines is 2. The van der Waals surface area contributed by atoms with E-state index < -0.39 is 28.6 Å². The van der Waals surface area contributed by atoms with Crippen LogP contribution in [-0.4, -0.2) is 43.0 Å². The molecule has 0 saturated heterocycles. The zero-order chi connectivity index (χ0) is 22.1. The number of nitrogens with zero attached hydrogens (tertiary/aromatic N) is 2. The normalized spacial score (nSPS) is 14.5. The summed E-state index contributed by atoms with van der Waals surface area (Å²) >= 11 is 0. The van der Waals surface area contributed by atoms with Gasteiger partial charge in [-0.25, -0.2) is 0 Å². The first-order valence-corrected chi connectivity index (χ1v) is 8.89. The number of benzene rings is 2. The summed E-state index contributed by atoms with van der Waals surface area (Å²) < 4.78 is 44.4. The minimum Gasteiger partial charge on any atom is -0.481 e. The monoisotopic (exact) mass is 424 g/mol. The summed E-state index contributed by atoms with van der Waals surface area (Å²) in [6, 6.07) is 7.01. The first-order valence-electron chi connectivity index (χ1n) is 8.89. The van der Waals surface area contributed by atoms with E-state index in [0.717, 1.165) is 12.1 Å². The number of nitrogens with one attached hydrogen (secondary N) is 2. The van der Waals surface area contributed by atoms with Gasteiger partial charge in [-0.1, -0.05) is 12.1 Å². The van der Waals surface area contributed by atoms with Crippen molar-refractivity contribution in [1.82, 2.24) is 4.90 Å². The highest BCUT2D eigenvalue weighted by molar-refractivity contribution is 5.96. The number of nitro benzene ring substituents is 1. The fourth-order valence-corrected chi connectivity index (χ4v) is 3.14. The molecular formula is C19H19F3N4O4. The number of ether oxygens (including phenoxy) is 1. The average molecular weight is 424 g/mol. The number of carbonyl (C=O) groups is 1. The molecule has 1 amide bonds. The maximum atomic E-state index is 13.1. The molecule has 2 aromatic carbocycles. The van der Waals surface area contributed by atoms with Gasteiger partial charge in [0.1, 0.15) is 5.69 Å². The van der Waals surface area contributed by atoms with E-state index in [1.54, 1.807) is 25.1 Å². The van der Waals surface area contributed by atoms with Gasteiger partial charge in [-0.05, 0) is 37.9 Å². The Morgan fingerprint density at radius 3 is 2.67 bits per heavy atom.